The second-order valence-electron chi connectivity index (χ2n) is 4.33. The average molecular weight is 267 g/mol. The lowest BCUT2D eigenvalue weighted by Gasteiger charge is -2.07. The van der Waals surface area contributed by atoms with Gasteiger partial charge in [0.15, 0.2) is 0 Å². The molecule has 6 nitrogen and oxygen atoms in total. The highest BCUT2D eigenvalue weighted by atomic mass is 16.6. The number of unbranched alkanes of at least 4 members (excludes halogenated alkanes) is 1. The van der Waals surface area contributed by atoms with E-state index in [1.165, 1.54) is 0 Å². The van der Waals surface area contributed by atoms with Gasteiger partial charge in [-0.2, -0.15) is 0 Å². The molecule has 1 N–H and O–H groups in total. The second kappa shape index (κ2) is 8.42. The van der Waals surface area contributed by atoms with Gasteiger partial charge >= 0.3 is 5.69 Å². The van der Waals surface area contributed by atoms with E-state index in [0.717, 1.165) is 25.9 Å². The van der Waals surface area contributed by atoms with Crippen molar-refractivity contribution in [3.05, 3.63) is 27.9 Å². The number of aryl methyl sites for hydroxylation is 1. The zero-order valence-electron chi connectivity index (χ0n) is 11.5. The van der Waals surface area contributed by atoms with Crippen LogP contribution in [0.5, 0.6) is 0 Å². The summed E-state index contributed by atoms with van der Waals surface area (Å²) in [6.45, 7) is 5.88. The van der Waals surface area contributed by atoms with E-state index in [1.54, 1.807) is 19.2 Å². The number of nitro groups is 1. The third-order valence-electron chi connectivity index (χ3n) is 2.71. The van der Waals surface area contributed by atoms with E-state index < -0.39 is 4.92 Å². The zero-order valence-corrected chi connectivity index (χ0v) is 11.5. The lowest BCUT2D eigenvalue weighted by Crippen LogP contribution is -2.09. The Hall–Kier alpha value is -1.69. The fourth-order valence-electron chi connectivity index (χ4n) is 1.64. The molecule has 0 aliphatic rings. The predicted octanol–water partition coefficient (Wildman–Crippen LogP) is 2.92. The van der Waals surface area contributed by atoms with Crippen LogP contribution in [0.15, 0.2) is 12.3 Å². The van der Waals surface area contributed by atoms with E-state index in [-0.39, 0.29) is 5.69 Å². The summed E-state index contributed by atoms with van der Waals surface area (Å²) in [5, 5.41) is 13.9. The zero-order chi connectivity index (χ0) is 14.1. The van der Waals surface area contributed by atoms with Gasteiger partial charge in [-0.1, -0.05) is 13.3 Å². The minimum Gasteiger partial charge on any atom is -0.381 e. The van der Waals surface area contributed by atoms with Crippen LogP contribution >= 0.6 is 0 Å². The normalized spacial score (nSPS) is 10.4. The summed E-state index contributed by atoms with van der Waals surface area (Å²) < 4.78 is 5.42. The molecule has 0 saturated heterocycles. The standard InChI is InChI=1S/C13H21N3O3/c1-3-4-9-19-10-5-7-14-13-12(16(17)18)11(2)6-8-15-13/h6,8H,3-5,7,9-10H2,1-2H3,(H,14,15). The van der Waals surface area contributed by atoms with Crippen LogP contribution in [-0.4, -0.2) is 29.7 Å². The van der Waals surface area contributed by atoms with Crippen molar-refractivity contribution in [1.29, 1.82) is 0 Å². The Morgan fingerprint density at radius 3 is 2.84 bits per heavy atom. The maximum absolute atomic E-state index is 11.0. The number of pyridine rings is 1. The van der Waals surface area contributed by atoms with Gasteiger partial charge in [-0.15, -0.1) is 0 Å². The number of rotatable bonds is 9. The van der Waals surface area contributed by atoms with Gasteiger partial charge in [0.1, 0.15) is 0 Å². The monoisotopic (exact) mass is 267 g/mol. The number of hydrogen-bond donors (Lipinski definition) is 1. The van der Waals surface area contributed by atoms with E-state index in [9.17, 15) is 10.1 Å². The molecule has 19 heavy (non-hydrogen) atoms. The summed E-state index contributed by atoms with van der Waals surface area (Å²) in [6.07, 6.45) is 4.56. The van der Waals surface area contributed by atoms with Crippen LogP contribution in [0.1, 0.15) is 31.7 Å². The van der Waals surface area contributed by atoms with Crippen molar-refractivity contribution in [2.45, 2.75) is 33.1 Å². The topological polar surface area (TPSA) is 77.3 Å². The van der Waals surface area contributed by atoms with Gasteiger partial charge in [0.2, 0.25) is 5.82 Å². The molecule has 1 aromatic heterocycles. The summed E-state index contributed by atoms with van der Waals surface area (Å²) in [5.41, 5.74) is 0.663. The lowest BCUT2D eigenvalue weighted by molar-refractivity contribution is -0.384. The van der Waals surface area contributed by atoms with Gasteiger partial charge in [-0.3, -0.25) is 10.1 Å². The minimum atomic E-state index is -0.400. The summed E-state index contributed by atoms with van der Waals surface area (Å²) in [4.78, 5) is 14.6. The Labute approximate surface area is 113 Å². The molecule has 106 valence electrons. The van der Waals surface area contributed by atoms with Gasteiger partial charge in [0, 0.05) is 31.5 Å². The SMILES string of the molecule is CCCCOCCCNc1nccc(C)c1[N+](=O)[O-]. The third-order valence-corrected chi connectivity index (χ3v) is 2.71. The molecule has 0 radical (unpaired) electrons. The summed E-state index contributed by atoms with van der Waals surface area (Å²) in [7, 11) is 0. The Morgan fingerprint density at radius 1 is 1.42 bits per heavy atom. The first-order valence-electron chi connectivity index (χ1n) is 6.58. The van der Waals surface area contributed by atoms with E-state index in [4.69, 9.17) is 4.74 Å². The van der Waals surface area contributed by atoms with E-state index in [1.807, 2.05) is 0 Å². The molecule has 1 rings (SSSR count). The fraction of sp³-hybridized carbons (Fsp3) is 0.615. The van der Waals surface area contributed by atoms with Crippen molar-refractivity contribution in [3.63, 3.8) is 0 Å². The van der Waals surface area contributed by atoms with E-state index in [0.29, 0.717) is 24.5 Å². The van der Waals surface area contributed by atoms with Crippen molar-refractivity contribution >= 4 is 11.5 Å². The van der Waals surface area contributed by atoms with Gasteiger partial charge in [-0.05, 0) is 25.8 Å². The first-order chi connectivity index (χ1) is 9.16. The minimum absolute atomic E-state index is 0.0504. The molecule has 6 heteroatoms. The van der Waals surface area contributed by atoms with E-state index in [2.05, 4.69) is 17.2 Å². The van der Waals surface area contributed by atoms with Gasteiger partial charge < -0.3 is 10.1 Å². The van der Waals surface area contributed by atoms with Crippen molar-refractivity contribution in [2.75, 3.05) is 25.1 Å². The number of nitrogens with one attached hydrogen (secondary N) is 1. The summed E-state index contributed by atoms with van der Waals surface area (Å²) in [6, 6.07) is 1.64. The van der Waals surface area contributed by atoms with Gasteiger partial charge in [0.05, 0.1) is 4.92 Å². The molecule has 0 spiro atoms. The quantitative estimate of drug-likeness (QED) is 0.423. The van der Waals surface area contributed by atoms with Crippen LogP contribution in [0.2, 0.25) is 0 Å². The maximum atomic E-state index is 11.0. The molecule has 0 unspecified atom stereocenters. The van der Waals surface area contributed by atoms with Crippen molar-refractivity contribution in [2.24, 2.45) is 0 Å². The van der Waals surface area contributed by atoms with Crippen LogP contribution in [0.4, 0.5) is 11.5 Å². The van der Waals surface area contributed by atoms with Crippen LogP contribution in [0.25, 0.3) is 0 Å². The molecule has 0 aromatic carbocycles. The van der Waals surface area contributed by atoms with Gasteiger partial charge in [0.25, 0.3) is 0 Å². The number of ether oxygens (including phenoxy) is 1. The molecular formula is C13H21N3O3. The molecule has 0 amide bonds. The molecule has 0 bridgehead atoms. The first-order valence-corrected chi connectivity index (χ1v) is 6.58. The first kappa shape index (κ1) is 15.4. The molecule has 0 aliphatic carbocycles. The van der Waals surface area contributed by atoms with Crippen molar-refractivity contribution < 1.29 is 9.66 Å². The number of nitrogens with zero attached hydrogens (tertiary/aromatic N) is 2. The highest BCUT2D eigenvalue weighted by Crippen LogP contribution is 2.25. The molecule has 1 aromatic rings. The maximum Gasteiger partial charge on any atom is 0.314 e. The largest absolute Gasteiger partial charge is 0.381 e. The number of hydrogen-bond acceptors (Lipinski definition) is 5. The number of aromatic nitrogens is 1. The molecular weight excluding hydrogens is 246 g/mol. The van der Waals surface area contributed by atoms with Crippen LogP contribution in [0.3, 0.4) is 0 Å². The molecule has 0 saturated carbocycles. The summed E-state index contributed by atoms with van der Waals surface area (Å²) >= 11 is 0. The Kier molecular flexibility index (Phi) is 6.81. The highest BCUT2D eigenvalue weighted by molar-refractivity contribution is 5.59. The van der Waals surface area contributed by atoms with Crippen molar-refractivity contribution in [3.8, 4) is 0 Å². The lowest BCUT2D eigenvalue weighted by atomic mass is 10.2. The predicted molar refractivity (Wildman–Crippen MR) is 74.5 cm³/mol. The molecule has 1 heterocycles. The molecule has 0 fully saturated rings. The Balaban J connectivity index is 2.37. The van der Waals surface area contributed by atoms with Crippen LogP contribution in [0, 0.1) is 17.0 Å². The number of anilines is 1. The Morgan fingerprint density at radius 2 is 2.16 bits per heavy atom. The van der Waals surface area contributed by atoms with Crippen molar-refractivity contribution in [1.82, 2.24) is 4.98 Å². The van der Waals surface area contributed by atoms with E-state index >= 15 is 0 Å². The fourth-order valence-corrected chi connectivity index (χ4v) is 1.64. The third kappa shape index (κ3) is 5.21. The summed E-state index contributed by atoms with van der Waals surface area (Å²) in [5.74, 6) is 0.332. The van der Waals surface area contributed by atoms with Crippen LogP contribution in [-0.2, 0) is 4.74 Å². The van der Waals surface area contributed by atoms with Crippen LogP contribution < -0.4 is 5.32 Å². The molecule has 0 atom stereocenters. The Bertz CT molecular complexity index is 410. The average Bonchev–Trinajstić information content (AvgIpc) is 2.37. The van der Waals surface area contributed by atoms with Gasteiger partial charge in [-0.25, -0.2) is 4.98 Å². The second-order valence-corrected chi connectivity index (χ2v) is 4.33. The smallest absolute Gasteiger partial charge is 0.314 e. The molecule has 0 aliphatic heterocycles. The highest BCUT2D eigenvalue weighted by Gasteiger charge is 2.17.